The quantitative estimate of drug-likeness (QED) is 0.863. The second-order valence-electron chi connectivity index (χ2n) is 2.66. The summed E-state index contributed by atoms with van der Waals surface area (Å²) in [6.07, 6.45) is 1.70. The van der Waals surface area contributed by atoms with Gasteiger partial charge >= 0.3 is 0 Å². The predicted molar refractivity (Wildman–Crippen MR) is 65.1 cm³/mol. The molecule has 2 nitrogen and oxygen atoms in total. The Hall–Kier alpha value is -0.510. The number of ether oxygens (including phenoxy) is 1. The Bertz CT molecular complexity index is 317. The van der Waals surface area contributed by atoms with Crippen LogP contribution in [0.5, 0.6) is 5.75 Å². The summed E-state index contributed by atoms with van der Waals surface area (Å²) in [4.78, 5) is 0. The van der Waals surface area contributed by atoms with Crippen LogP contribution in [0, 0.1) is 0 Å². The maximum atomic E-state index is 5.77. The van der Waals surface area contributed by atoms with Crippen molar-refractivity contribution in [2.24, 2.45) is 5.73 Å². The van der Waals surface area contributed by atoms with Gasteiger partial charge in [0.1, 0.15) is 5.75 Å². The van der Waals surface area contributed by atoms with Crippen LogP contribution in [0.2, 0.25) is 0 Å². The molecule has 0 saturated heterocycles. The van der Waals surface area contributed by atoms with Crippen molar-refractivity contribution in [1.29, 1.82) is 0 Å². The van der Waals surface area contributed by atoms with Gasteiger partial charge in [-0.25, -0.2) is 0 Å². The van der Waals surface area contributed by atoms with Gasteiger partial charge in [0.2, 0.25) is 0 Å². The van der Waals surface area contributed by atoms with Crippen LogP contribution in [-0.4, -0.2) is 7.11 Å². The summed E-state index contributed by atoms with van der Waals surface area (Å²) in [6, 6.07) is 5.62. The fraction of sp³-hybridized carbons (Fsp3) is 0.200. The monoisotopic (exact) mass is 277 g/mol. The fourth-order valence-corrected chi connectivity index (χ4v) is 1.58. The molecule has 14 heavy (non-hydrogen) atoms. The molecule has 0 aliphatic heterocycles. The van der Waals surface area contributed by atoms with Crippen molar-refractivity contribution in [1.82, 2.24) is 0 Å². The molecule has 1 aromatic rings. The van der Waals surface area contributed by atoms with E-state index in [0.29, 0.717) is 0 Å². The summed E-state index contributed by atoms with van der Waals surface area (Å²) >= 11 is 3.39. The average Bonchev–Trinajstić information content (AvgIpc) is 2.16. The van der Waals surface area contributed by atoms with Crippen molar-refractivity contribution in [3.63, 3.8) is 0 Å². The summed E-state index contributed by atoms with van der Waals surface area (Å²) in [6.45, 7) is 3.64. The SMILES string of the molecule is C=C[C@H](N)c1ccc(OC)c(Br)c1.Cl. The molecule has 1 aromatic carbocycles. The first kappa shape index (κ1) is 13.5. The maximum Gasteiger partial charge on any atom is 0.133 e. The van der Waals surface area contributed by atoms with Crippen LogP contribution in [0.1, 0.15) is 11.6 Å². The molecule has 0 heterocycles. The molecule has 2 N–H and O–H groups in total. The lowest BCUT2D eigenvalue weighted by Gasteiger charge is -2.09. The minimum absolute atomic E-state index is 0. The summed E-state index contributed by atoms with van der Waals surface area (Å²) < 4.78 is 6.01. The lowest BCUT2D eigenvalue weighted by atomic mass is 10.1. The van der Waals surface area contributed by atoms with E-state index in [1.165, 1.54) is 0 Å². The minimum atomic E-state index is -0.123. The summed E-state index contributed by atoms with van der Waals surface area (Å²) in [7, 11) is 1.63. The standard InChI is InChI=1S/C10H12BrNO.ClH/c1-3-9(12)7-4-5-10(13-2)8(11)6-7;/h3-6,9H,1,12H2,2H3;1H/t9-;/m0./s1. The van der Waals surface area contributed by atoms with Crippen LogP contribution in [0.3, 0.4) is 0 Å². The van der Waals surface area contributed by atoms with E-state index in [2.05, 4.69) is 22.5 Å². The maximum absolute atomic E-state index is 5.77. The molecule has 0 fully saturated rings. The van der Waals surface area contributed by atoms with Gasteiger partial charge in [0.15, 0.2) is 0 Å². The topological polar surface area (TPSA) is 35.2 Å². The second-order valence-corrected chi connectivity index (χ2v) is 3.51. The molecular weight excluding hydrogens is 265 g/mol. The second kappa shape index (κ2) is 6.06. The first-order valence-electron chi connectivity index (χ1n) is 3.90. The van der Waals surface area contributed by atoms with E-state index in [4.69, 9.17) is 10.5 Å². The zero-order chi connectivity index (χ0) is 9.84. The van der Waals surface area contributed by atoms with E-state index in [1.54, 1.807) is 13.2 Å². The highest BCUT2D eigenvalue weighted by Gasteiger charge is 2.04. The zero-order valence-electron chi connectivity index (χ0n) is 7.87. The molecule has 0 spiro atoms. The molecule has 0 aliphatic rings. The molecule has 78 valence electrons. The van der Waals surface area contributed by atoms with Crippen molar-refractivity contribution in [2.75, 3.05) is 7.11 Å². The van der Waals surface area contributed by atoms with Crippen molar-refractivity contribution in [2.45, 2.75) is 6.04 Å². The smallest absolute Gasteiger partial charge is 0.133 e. The number of benzene rings is 1. The molecule has 0 amide bonds. The van der Waals surface area contributed by atoms with E-state index >= 15 is 0 Å². The predicted octanol–water partition coefficient (Wildman–Crippen LogP) is 3.07. The Kier molecular flexibility index (Phi) is 5.84. The summed E-state index contributed by atoms with van der Waals surface area (Å²) in [5, 5.41) is 0. The Labute approximate surface area is 98.7 Å². The van der Waals surface area contributed by atoms with Gasteiger partial charge < -0.3 is 10.5 Å². The van der Waals surface area contributed by atoms with Crippen LogP contribution >= 0.6 is 28.3 Å². The molecule has 4 heteroatoms. The highest BCUT2D eigenvalue weighted by Crippen LogP contribution is 2.27. The Morgan fingerprint density at radius 1 is 1.57 bits per heavy atom. The number of hydrogen-bond donors (Lipinski definition) is 1. The molecule has 0 unspecified atom stereocenters. The number of hydrogen-bond acceptors (Lipinski definition) is 2. The van der Waals surface area contributed by atoms with Gasteiger partial charge in [-0.1, -0.05) is 12.1 Å². The Morgan fingerprint density at radius 2 is 2.21 bits per heavy atom. The van der Waals surface area contributed by atoms with Crippen LogP contribution in [0.15, 0.2) is 35.3 Å². The van der Waals surface area contributed by atoms with Gasteiger partial charge in [0.05, 0.1) is 11.6 Å². The van der Waals surface area contributed by atoms with Gasteiger partial charge in [0.25, 0.3) is 0 Å². The third kappa shape index (κ3) is 3.01. The first-order chi connectivity index (χ1) is 6.19. The van der Waals surface area contributed by atoms with Crippen molar-refractivity contribution >= 4 is 28.3 Å². The zero-order valence-corrected chi connectivity index (χ0v) is 10.3. The van der Waals surface area contributed by atoms with Gasteiger partial charge in [-0.3, -0.25) is 0 Å². The van der Waals surface area contributed by atoms with E-state index in [9.17, 15) is 0 Å². The average molecular weight is 279 g/mol. The van der Waals surface area contributed by atoms with Crippen LogP contribution < -0.4 is 10.5 Å². The lowest BCUT2D eigenvalue weighted by molar-refractivity contribution is 0.412. The highest BCUT2D eigenvalue weighted by atomic mass is 79.9. The molecule has 0 aromatic heterocycles. The van der Waals surface area contributed by atoms with E-state index in [0.717, 1.165) is 15.8 Å². The number of halogens is 2. The molecule has 1 rings (SSSR count). The minimum Gasteiger partial charge on any atom is -0.496 e. The van der Waals surface area contributed by atoms with Crippen LogP contribution in [-0.2, 0) is 0 Å². The molecule has 0 aliphatic carbocycles. The highest BCUT2D eigenvalue weighted by molar-refractivity contribution is 9.10. The Morgan fingerprint density at radius 3 is 2.64 bits per heavy atom. The van der Waals surface area contributed by atoms with E-state index in [-0.39, 0.29) is 18.4 Å². The van der Waals surface area contributed by atoms with Gasteiger partial charge in [-0.05, 0) is 33.6 Å². The van der Waals surface area contributed by atoms with Crippen LogP contribution in [0.25, 0.3) is 0 Å². The molecule has 1 atom stereocenters. The first-order valence-corrected chi connectivity index (χ1v) is 4.70. The molecule has 0 bridgehead atoms. The molecule has 0 saturated carbocycles. The van der Waals surface area contributed by atoms with E-state index < -0.39 is 0 Å². The van der Waals surface area contributed by atoms with E-state index in [1.807, 2.05) is 18.2 Å². The van der Waals surface area contributed by atoms with Crippen molar-refractivity contribution in [3.8, 4) is 5.75 Å². The summed E-state index contributed by atoms with van der Waals surface area (Å²) in [5.41, 5.74) is 6.79. The van der Waals surface area contributed by atoms with Crippen molar-refractivity contribution in [3.05, 3.63) is 40.9 Å². The van der Waals surface area contributed by atoms with Crippen LogP contribution in [0.4, 0.5) is 0 Å². The molecular formula is C10H13BrClNO. The number of rotatable bonds is 3. The number of nitrogens with two attached hydrogens (primary N) is 1. The van der Waals surface area contributed by atoms with Gasteiger partial charge in [0, 0.05) is 6.04 Å². The third-order valence-electron chi connectivity index (χ3n) is 1.81. The number of methoxy groups -OCH3 is 1. The largest absolute Gasteiger partial charge is 0.496 e. The lowest BCUT2D eigenvalue weighted by Crippen LogP contribution is -2.06. The molecule has 0 radical (unpaired) electrons. The van der Waals surface area contributed by atoms with Gasteiger partial charge in [-0.15, -0.1) is 19.0 Å². The normalized spacial score (nSPS) is 11.4. The van der Waals surface area contributed by atoms with Crippen molar-refractivity contribution < 1.29 is 4.74 Å². The Balaban J connectivity index is 0.00000169. The fourth-order valence-electron chi connectivity index (χ4n) is 1.03. The third-order valence-corrected chi connectivity index (χ3v) is 2.43. The van der Waals surface area contributed by atoms with Gasteiger partial charge in [-0.2, -0.15) is 0 Å². The summed E-state index contributed by atoms with van der Waals surface area (Å²) in [5.74, 6) is 0.806.